The molecule has 2 N–H and O–H groups in total. The second kappa shape index (κ2) is 15.9. The molecule has 0 saturated carbocycles. The van der Waals surface area contributed by atoms with Crippen molar-refractivity contribution in [1.29, 1.82) is 0 Å². The van der Waals surface area contributed by atoms with Crippen molar-refractivity contribution in [3.8, 4) is 0 Å². The third-order valence-corrected chi connectivity index (χ3v) is 10.3. The number of likely N-dealkylation sites (tertiary alicyclic amines) is 1. The number of carbonyl (C=O) groups is 4. The van der Waals surface area contributed by atoms with E-state index in [1.165, 1.54) is 7.11 Å². The maximum Gasteiger partial charge on any atom is 0.313 e. The van der Waals surface area contributed by atoms with Crippen molar-refractivity contribution in [1.82, 2.24) is 10.2 Å². The summed E-state index contributed by atoms with van der Waals surface area (Å²) in [5, 5.41) is 12.8. The number of hydrogen-bond donors (Lipinski definition) is 2. The molecule has 6 rings (SSSR count). The van der Waals surface area contributed by atoms with Gasteiger partial charge in [0.15, 0.2) is 0 Å². The number of aliphatic hydroxyl groups is 1. The molecule has 0 aromatic heterocycles. The number of allylic oxidation sites excluding steroid dienone is 1. The minimum absolute atomic E-state index is 0.0713. The van der Waals surface area contributed by atoms with E-state index in [0.717, 1.165) is 12.8 Å². The highest BCUT2D eigenvalue weighted by atomic mass is 35.5. The maximum absolute atomic E-state index is 14.9. The number of fused-ring (bicyclic) bond motifs is 2. The van der Waals surface area contributed by atoms with Gasteiger partial charge in [-0.15, -0.1) is 0 Å². The molecule has 2 saturated heterocycles. The van der Waals surface area contributed by atoms with Crippen molar-refractivity contribution >= 4 is 41.0 Å². The molecule has 12 heteroatoms. The van der Waals surface area contributed by atoms with Crippen molar-refractivity contribution < 1.29 is 38.5 Å². The van der Waals surface area contributed by atoms with Crippen LogP contribution in [0.4, 0.5) is 5.69 Å². The Hall–Kier alpha value is -4.03. The minimum atomic E-state index is -1.39. The Morgan fingerprint density at radius 1 is 0.980 bits per heavy atom. The van der Waals surface area contributed by atoms with Crippen LogP contribution >= 0.6 is 11.6 Å². The molecule has 50 heavy (non-hydrogen) atoms. The molecule has 3 amide bonds. The quantitative estimate of drug-likeness (QED) is 0.214. The number of halogens is 1. The number of esters is 1. The Labute approximate surface area is 297 Å². The van der Waals surface area contributed by atoms with Crippen LogP contribution in [0, 0.1) is 11.8 Å². The van der Waals surface area contributed by atoms with Crippen molar-refractivity contribution in [2.24, 2.45) is 11.8 Å². The molecule has 11 nitrogen and oxygen atoms in total. The first kappa shape index (κ1) is 35.8. The Kier molecular flexibility index (Phi) is 11.4. The van der Waals surface area contributed by atoms with Gasteiger partial charge in [-0.1, -0.05) is 79.1 Å². The summed E-state index contributed by atoms with van der Waals surface area (Å²) in [5.74, 6) is -3.62. The summed E-state index contributed by atoms with van der Waals surface area (Å²) < 4.78 is 18.4. The van der Waals surface area contributed by atoms with Gasteiger partial charge < -0.3 is 34.4 Å². The Balaban J connectivity index is 1.42. The van der Waals surface area contributed by atoms with Crippen LogP contribution in [0.3, 0.4) is 0 Å². The van der Waals surface area contributed by atoms with Crippen molar-refractivity contribution in [3.05, 3.63) is 89.5 Å². The fraction of sp³-hybridized carbons (Fsp3) is 0.474. The van der Waals surface area contributed by atoms with E-state index < -0.39 is 47.7 Å². The zero-order valence-electron chi connectivity index (χ0n) is 28.1. The number of unbranched alkanes of at least 4 members (excludes halogenated alkanes) is 3. The normalized spacial score (nSPS) is 30.4. The van der Waals surface area contributed by atoms with Gasteiger partial charge >= 0.3 is 5.97 Å². The molecule has 2 aromatic carbocycles. The zero-order chi connectivity index (χ0) is 35.3. The molecule has 2 fully saturated rings. The summed E-state index contributed by atoms with van der Waals surface area (Å²) >= 11 is 6.21. The molecule has 2 aromatic rings. The summed E-state index contributed by atoms with van der Waals surface area (Å²) in [6, 6.07) is 14.2. The number of carbonyl (C=O) groups excluding carboxylic acids is 4. The van der Waals surface area contributed by atoms with Crippen LogP contribution in [0.2, 0.25) is 5.02 Å². The first-order valence-corrected chi connectivity index (χ1v) is 17.7. The lowest BCUT2D eigenvalue weighted by Gasteiger charge is -2.36. The first-order valence-electron chi connectivity index (χ1n) is 17.3. The van der Waals surface area contributed by atoms with E-state index in [0.29, 0.717) is 35.5 Å². The smallest absolute Gasteiger partial charge is 0.313 e. The molecule has 4 aliphatic rings. The standard InChI is InChI=1S/C38H44ClN3O8/c1-48-24-28-33(25-12-6-4-7-13-25)49-37(47)31-29-19-20-38(50-29)32(31)35(45)42(22-9-2-3-11-23-43)34(38)36(46)41(27-17-15-26(39)16-18-27)21-10-5-8-14-30(44)40-28/h4-7,10,12-13,15-20,28-29,31-34,43H,2-3,8-9,11,14,21-24H2,1H3,(H,40,44)/b10-5-/t28-,29+,31-,32-,33-,34+,38-/m0/s1. The van der Waals surface area contributed by atoms with Crippen LogP contribution in [0.1, 0.15) is 50.2 Å². The molecule has 0 unspecified atom stereocenters. The number of cyclic esters (lactones) is 1. The Morgan fingerprint density at radius 2 is 1.74 bits per heavy atom. The predicted molar refractivity (Wildman–Crippen MR) is 186 cm³/mol. The van der Waals surface area contributed by atoms with Crippen LogP contribution < -0.4 is 10.2 Å². The van der Waals surface area contributed by atoms with Gasteiger partial charge in [-0.3, -0.25) is 19.2 Å². The topological polar surface area (TPSA) is 135 Å². The molecular weight excluding hydrogens is 662 g/mol. The molecule has 0 radical (unpaired) electrons. The summed E-state index contributed by atoms with van der Waals surface area (Å²) in [6.45, 7) is 0.601. The number of hydrogen-bond acceptors (Lipinski definition) is 8. The summed E-state index contributed by atoms with van der Waals surface area (Å²) in [4.78, 5) is 60.2. The average molecular weight is 706 g/mol. The lowest BCUT2D eigenvalue weighted by Crippen LogP contribution is -2.56. The molecule has 4 heterocycles. The van der Waals surface area contributed by atoms with Crippen LogP contribution in [-0.2, 0) is 33.4 Å². The fourth-order valence-corrected chi connectivity index (χ4v) is 7.83. The number of nitrogens with one attached hydrogen (secondary N) is 1. The van der Waals surface area contributed by atoms with Gasteiger partial charge in [-0.05, 0) is 49.1 Å². The van der Waals surface area contributed by atoms with Crippen molar-refractivity contribution in [2.75, 3.05) is 38.3 Å². The van der Waals surface area contributed by atoms with Crippen molar-refractivity contribution in [2.45, 2.75) is 68.4 Å². The number of anilines is 1. The van der Waals surface area contributed by atoms with E-state index >= 15 is 0 Å². The highest BCUT2D eigenvalue weighted by Gasteiger charge is 2.73. The van der Waals surface area contributed by atoms with E-state index in [1.807, 2.05) is 42.5 Å². The Bertz CT molecular complexity index is 1600. The number of nitrogens with zero attached hydrogens (tertiary/aromatic N) is 2. The predicted octanol–water partition coefficient (Wildman–Crippen LogP) is 4.14. The van der Waals surface area contributed by atoms with Gasteiger partial charge in [0.25, 0.3) is 5.91 Å². The van der Waals surface area contributed by atoms with Crippen LogP contribution in [0.25, 0.3) is 0 Å². The van der Waals surface area contributed by atoms with Gasteiger partial charge in [0, 0.05) is 43.9 Å². The molecule has 7 atom stereocenters. The summed E-state index contributed by atoms with van der Waals surface area (Å²) in [5.41, 5.74) is -0.155. The fourth-order valence-electron chi connectivity index (χ4n) is 7.70. The third-order valence-electron chi connectivity index (χ3n) is 10.0. The second-order valence-corrected chi connectivity index (χ2v) is 13.6. The minimum Gasteiger partial charge on any atom is -0.455 e. The van der Waals surface area contributed by atoms with Gasteiger partial charge in [0.1, 0.15) is 23.7 Å². The van der Waals surface area contributed by atoms with Gasteiger partial charge in [-0.25, -0.2) is 0 Å². The molecular formula is C38H44ClN3O8. The van der Waals surface area contributed by atoms with Crippen molar-refractivity contribution in [3.63, 3.8) is 0 Å². The lowest BCUT2D eigenvalue weighted by molar-refractivity contribution is -0.162. The molecule has 266 valence electrons. The highest BCUT2D eigenvalue weighted by molar-refractivity contribution is 6.30. The van der Waals surface area contributed by atoms with Crippen LogP contribution in [-0.4, -0.2) is 90.9 Å². The SMILES string of the molecule is COC[C@@H]1NC(=O)CC/C=C\CN(c2ccc(Cl)cc2)C(=O)[C@H]2N(CCCCCCO)C(=O)[C@@H]3[C@@H](C(=O)O[C@H]1c1ccccc1)[C@H]1C=C[C@]32O1. The van der Waals surface area contributed by atoms with Gasteiger partial charge in [-0.2, -0.15) is 0 Å². The second-order valence-electron chi connectivity index (χ2n) is 13.2. The number of aliphatic hydroxyl groups excluding tert-OH is 1. The van der Waals surface area contributed by atoms with Gasteiger partial charge in [0.2, 0.25) is 11.8 Å². The molecule has 1 spiro atoms. The molecule has 4 aliphatic heterocycles. The molecule has 0 aliphatic carbocycles. The zero-order valence-corrected chi connectivity index (χ0v) is 28.9. The Morgan fingerprint density at radius 3 is 2.48 bits per heavy atom. The number of methoxy groups -OCH3 is 1. The van der Waals surface area contributed by atoms with E-state index in [-0.39, 0.29) is 50.4 Å². The summed E-state index contributed by atoms with van der Waals surface area (Å²) in [7, 11) is 1.51. The van der Waals surface area contributed by atoms with E-state index in [9.17, 15) is 24.3 Å². The highest BCUT2D eigenvalue weighted by Crippen LogP contribution is 2.56. The first-order chi connectivity index (χ1) is 24.3. The monoisotopic (exact) mass is 705 g/mol. The number of rotatable bonds is 10. The lowest BCUT2D eigenvalue weighted by atomic mass is 9.74. The van der Waals surface area contributed by atoms with Gasteiger partial charge in [0.05, 0.1) is 24.7 Å². The maximum atomic E-state index is 14.9. The number of ether oxygens (including phenoxy) is 3. The number of amides is 3. The summed E-state index contributed by atoms with van der Waals surface area (Å²) in [6.07, 6.45) is 8.86. The van der Waals surface area contributed by atoms with E-state index in [2.05, 4.69) is 5.32 Å². The van der Waals surface area contributed by atoms with E-state index in [1.54, 1.807) is 46.2 Å². The van der Waals surface area contributed by atoms with E-state index in [4.69, 9.17) is 25.8 Å². The van der Waals surface area contributed by atoms with Crippen LogP contribution in [0.15, 0.2) is 78.9 Å². The van der Waals surface area contributed by atoms with Crippen LogP contribution in [0.5, 0.6) is 0 Å². The number of benzene rings is 2. The largest absolute Gasteiger partial charge is 0.455 e. The average Bonchev–Trinajstić information content (AvgIpc) is 3.76. The third kappa shape index (κ3) is 7.10. The molecule has 5 bridgehead atoms.